The third-order valence-electron chi connectivity index (χ3n) is 2.88. The molecule has 1 nitrogen and oxygen atoms in total. The van der Waals surface area contributed by atoms with Gasteiger partial charge in [0.15, 0.2) is 0 Å². The van der Waals surface area contributed by atoms with Crippen molar-refractivity contribution in [1.29, 1.82) is 0 Å². The Kier molecular flexibility index (Phi) is 3.09. The Hall–Kier alpha value is -0.530. The van der Waals surface area contributed by atoms with Crippen molar-refractivity contribution in [3.8, 4) is 0 Å². The predicted octanol–water partition coefficient (Wildman–Crippen LogP) is 2.94. The summed E-state index contributed by atoms with van der Waals surface area (Å²) in [7, 11) is 0. The Balaban J connectivity index is 2.05. The summed E-state index contributed by atoms with van der Waals surface area (Å²) in [4.78, 5) is 0. The van der Waals surface area contributed by atoms with E-state index in [0.717, 1.165) is 17.0 Å². The molecule has 1 fully saturated rings. The Morgan fingerprint density at radius 3 is 3.00 bits per heavy atom. The molecule has 76 valence electrons. The highest BCUT2D eigenvalue weighted by atomic mass is 35.5. The Morgan fingerprint density at radius 1 is 1.50 bits per heavy atom. The van der Waals surface area contributed by atoms with Crippen molar-refractivity contribution in [1.82, 2.24) is 5.32 Å². The van der Waals surface area contributed by atoms with E-state index in [1.807, 2.05) is 6.92 Å². The van der Waals surface area contributed by atoms with E-state index in [4.69, 9.17) is 11.6 Å². The highest BCUT2D eigenvalue weighted by Gasteiger charge is 2.14. The highest BCUT2D eigenvalue weighted by Crippen LogP contribution is 2.19. The van der Waals surface area contributed by atoms with Gasteiger partial charge in [0.1, 0.15) is 0 Å². The monoisotopic (exact) mass is 209 g/mol. The van der Waals surface area contributed by atoms with Crippen molar-refractivity contribution in [3.05, 3.63) is 34.3 Å². The van der Waals surface area contributed by atoms with Gasteiger partial charge in [0.05, 0.1) is 0 Å². The van der Waals surface area contributed by atoms with Crippen molar-refractivity contribution in [2.75, 3.05) is 6.54 Å². The van der Waals surface area contributed by atoms with Crippen LogP contribution in [0.2, 0.25) is 5.02 Å². The molecule has 1 saturated heterocycles. The third kappa shape index (κ3) is 2.28. The molecular weight excluding hydrogens is 194 g/mol. The van der Waals surface area contributed by atoms with E-state index in [2.05, 4.69) is 23.5 Å². The molecule has 0 unspecified atom stereocenters. The first kappa shape index (κ1) is 10.0. The molecule has 0 aliphatic carbocycles. The summed E-state index contributed by atoms with van der Waals surface area (Å²) >= 11 is 6.08. The standard InChI is InChI=1S/C12H16ClN/c1-9-4-5-10(8-12(9)13)7-11-3-2-6-14-11/h4-5,8,11,14H,2-3,6-7H2,1H3/t11-/m0/s1. The molecular formula is C12H16ClN. The van der Waals surface area contributed by atoms with Crippen LogP contribution in [0.1, 0.15) is 24.0 Å². The van der Waals surface area contributed by atoms with Gasteiger partial charge in [-0.2, -0.15) is 0 Å². The zero-order valence-electron chi connectivity index (χ0n) is 8.52. The Morgan fingerprint density at radius 2 is 2.36 bits per heavy atom. The van der Waals surface area contributed by atoms with Crippen LogP contribution in [-0.4, -0.2) is 12.6 Å². The summed E-state index contributed by atoms with van der Waals surface area (Å²) in [6.07, 6.45) is 3.72. The Bertz CT molecular complexity index is 316. The van der Waals surface area contributed by atoms with Gasteiger partial charge in [-0.1, -0.05) is 23.7 Å². The first-order valence-electron chi connectivity index (χ1n) is 5.24. The zero-order chi connectivity index (χ0) is 9.97. The smallest absolute Gasteiger partial charge is 0.0437 e. The molecule has 1 aliphatic rings. The largest absolute Gasteiger partial charge is 0.314 e. The van der Waals surface area contributed by atoms with Gasteiger partial charge in [0, 0.05) is 11.1 Å². The second-order valence-electron chi connectivity index (χ2n) is 4.08. The molecule has 1 heterocycles. The van der Waals surface area contributed by atoms with Gasteiger partial charge < -0.3 is 5.32 Å². The summed E-state index contributed by atoms with van der Waals surface area (Å²) in [5.74, 6) is 0. The maximum absolute atomic E-state index is 6.08. The molecule has 2 rings (SSSR count). The van der Waals surface area contributed by atoms with Gasteiger partial charge in [-0.25, -0.2) is 0 Å². The van der Waals surface area contributed by atoms with Gasteiger partial charge in [-0.15, -0.1) is 0 Å². The quantitative estimate of drug-likeness (QED) is 0.790. The third-order valence-corrected chi connectivity index (χ3v) is 3.29. The number of rotatable bonds is 2. The van der Waals surface area contributed by atoms with Crippen molar-refractivity contribution >= 4 is 11.6 Å². The summed E-state index contributed by atoms with van der Waals surface area (Å²) in [6, 6.07) is 7.04. The number of aryl methyl sites for hydroxylation is 1. The van der Waals surface area contributed by atoms with Gasteiger partial charge in [0.2, 0.25) is 0 Å². The van der Waals surface area contributed by atoms with Crippen molar-refractivity contribution in [3.63, 3.8) is 0 Å². The fraction of sp³-hybridized carbons (Fsp3) is 0.500. The molecule has 0 bridgehead atoms. The molecule has 2 heteroatoms. The first-order valence-corrected chi connectivity index (χ1v) is 5.62. The number of halogens is 1. The van der Waals surface area contributed by atoms with Crippen LogP contribution in [-0.2, 0) is 6.42 Å². The van der Waals surface area contributed by atoms with Gasteiger partial charge in [0.25, 0.3) is 0 Å². The van der Waals surface area contributed by atoms with Crippen molar-refractivity contribution in [2.24, 2.45) is 0 Å². The van der Waals surface area contributed by atoms with E-state index < -0.39 is 0 Å². The molecule has 1 aromatic carbocycles. The normalized spacial score (nSPS) is 21.4. The molecule has 1 N–H and O–H groups in total. The van der Waals surface area contributed by atoms with Crippen LogP contribution in [0.25, 0.3) is 0 Å². The lowest BCUT2D eigenvalue weighted by atomic mass is 10.0. The van der Waals surface area contributed by atoms with E-state index >= 15 is 0 Å². The number of hydrogen-bond donors (Lipinski definition) is 1. The van der Waals surface area contributed by atoms with E-state index in [1.165, 1.54) is 24.9 Å². The summed E-state index contributed by atoms with van der Waals surface area (Å²) in [6.45, 7) is 3.21. The van der Waals surface area contributed by atoms with Crippen LogP contribution in [0, 0.1) is 6.92 Å². The SMILES string of the molecule is Cc1ccc(C[C@@H]2CCCN2)cc1Cl. The highest BCUT2D eigenvalue weighted by molar-refractivity contribution is 6.31. The van der Waals surface area contributed by atoms with Crippen LogP contribution >= 0.6 is 11.6 Å². The van der Waals surface area contributed by atoms with Crippen LogP contribution in [0.15, 0.2) is 18.2 Å². The summed E-state index contributed by atoms with van der Waals surface area (Å²) in [5.41, 5.74) is 2.51. The fourth-order valence-corrected chi connectivity index (χ4v) is 2.18. The number of nitrogens with one attached hydrogen (secondary N) is 1. The molecule has 0 spiro atoms. The first-order chi connectivity index (χ1) is 6.75. The molecule has 0 radical (unpaired) electrons. The lowest BCUT2D eigenvalue weighted by molar-refractivity contribution is 0.603. The van der Waals surface area contributed by atoms with E-state index in [1.54, 1.807) is 0 Å². The van der Waals surface area contributed by atoms with Crippen molar-refractivity contribution < 1.29 is 0 Å². The molecule has 0 aromatic heterocycles. The molecule has 0 amide bonds. The van der Waals surface area contributed by atoms with Crippen LogP contribution < -0.4 is 5.32 Å². The van der Waals surface area contributed by atoms with Gasteiger partial charge in [-0.3, -0.25) is 0 Å². The fourth-order valence-electron chi connectivity index (χ4n) is 1.98. The molecule has 0 saturated carbocycles. The van der Waals surface area contributed by atoms with Gasteiger partial charge >= 0.3 is 0 Å². The minimum absolute atomic E-state index is 0.661. The Labute approximate surface area is 90.5 Å². The predicted molar refractivity (Wildman–Crippen MR) is 60.9 cm³/mol. The summed E-state index contributed by atoms with van der Waals surface area (Å²) < 4.78 is 0. The molecule has 14 heavy (non-hydrogen) atoms. The molecule has 1 aliphatic heterocycles. The maximum atomic E-state index is 6.08. The molecule has 1 atom stereocenters. The molecule has 1 aromatic rings. The van der Waals surface area contributed by atoms with Crippen molar-refractivity contribution in [2.45, 2.75) is 32.2 Å². The van der Waals surface area contributed by atoms with Crippen LogP contribution in [0.5, 0.6) is 0 Å². The maximum Gasteiger partial charge on any atom is 0.0437 e. The lowest BCUT2D eigenvalue weighted by Crippen LogP contribution is -2.23. The lowest BCUT2D eigenvalue weighted by Gasteiger charge is -2.10. The van der Waals surface area contributed by atoms with Crippen LogP contribution in [0.4, 0.5) is 0 Å². The second-order valence-corrected chi connectivity index (χ2v) is 4.49. The average Bonchev–Trinajstić information content (AvgIpc) is 2.64. The minimum Gasteiger partial charge on any atom is -0.314 e. The zero-order valence-corrected chi connectivity index (χ0v) is 9.27. The summed E-state index contributed by atoms with van der Waals surface area (Å²) in [5, 5.41) is 4.39. The van der Waals surface area contributed by atoms with E-state index in [0.29, 0.717) is 6.04 Å². The number of benzene rings is 1. The van der Waals surface area contributed by atoms with Crippen LogP contribution in [0.3, 0.4) is 0 Å². The average molecular weight is 210 g/mol. The minimum atomic E-state index is 0.661. The second kappa shape index (κ2) is 4.33. The topological polar surface area (TPSA) is 12.0 Å². The van der Waals surface area contributed by atoms with E-state index in [-0.39, 0.29) is 0 Å². The van der Waals surface area contributed by atoms with E-state index in [9.17, 15) is 0 Å². The van der Waals surface area contributed by atoms with Gasteiger partial charge in [-0.05, 0) is 49.9 Å². The number of hydrogen-bond acceptors (Lipinski definition) is 1.